The Kier molecular flexibility index (Phi) is 30.6. The second-order valence-corrected chi connectivity index (χ2v) is 10.6. The second-order valence-electron chi connectivity index (χ2n) is 10.6. The maximum Gasteiger partial charge on any atom is 0.306 e. The highest BCUT2D eigenvalue weighted by Gasteiger charge is 2.15. The van der Waals surface area contributed by atoms with E-state index >= 15 is 0 Å². The van der Waals surface area contributed by atoms with Crippen LogP contribution in [-0.4, -0.2) is 48.1 Å². The van der Waals surface area contributed by atoms with Crippen LogP contribution in [0.1, 0.15) is 135 Å². The van der Waals surface area contributed by atoms with Gasteiger partial charge in [-0.15, -0.1) is 0 Å². The summed E-state index contributed by atoms with van der Waals surface area (Å²) in [6, 6.07) is 0. The molecular formula is C35H60O6. The lowest BCUT2D eigenvalue weighted by Gasteiger charge is -2.15. The van der Waals surface area contributed by atoms with Gasteiger partial charge < -0.3 is 19.7 Å². The van der Waals surface area contributed by atoms with Crippen molar-refractivity contribution in [2.24, 2.45) is 0 Å². The molecule has 0 rings (SSSR count). The number of ether oxygens (including phenoxy) is 2. The van der Waals surface area contributed by atoms with E-state index < -0.39 is 6.10 Å². The first-order valence-corrected chi connectivity index (χ1v) is 16.3. The predicted molar refractivity (Wildman–Crippen MR) is 170 cm³/mol. The Morgan fingerprint density at radius 1 is 0.585 bits per heavy atom. The largest absolute Gasteiger partial charge is 0.462 e. The summed E-state index contributed by atoms with van der Waals surface area (Å²) in [5.74, 6) is -0.678. The van der Waals surface area contributed by atoms with Gasteiger partial charge in [0.1, 0.15) is 6.61 Å². The lowest BCUT2D eigenvalue weighted by Crippen LogP contribution is -2.28. The molecule has 0 aliphatic carbocycles. The lowest BCUT2D eigenvalue weighted by atomic mass is 10.1. The molecule has 0 amide bonds. The van der Waals surface area contributed by atoms with Crippen LogP contribution in [0.5, 0.6) is 0 Å². The molecule has 0 unspecified atom stereocenters. The number of unbranched alkanes of at least 4 members (excludes halogenated alkanes) is 12. The van der Waals surface area contributed by atoms with E-state index in [2.05, 4.69) is 55.5 Å². The quantitative estimate of drug-likeness (QED) is 0.0527. The summed E-state index contributed by atoms with van der Waals surface area (Å²) in [7, 11) is 0. The van der Waals surface area contributed by atoms with Crippen LogP contribution in [0.25, 0.3) is 0 Å². The van der Waals surface area contributed by atoms with Crippen molar-refractivity contribution >= 4 is 11.9 Å². The van der Waals surface area contributed by atoms with Crippen molar-refractivity contribution in [3.8, 4) is 0 Å². The van der Waals surface area contributed by atoms with Gasteiger partial charge in [-0.25, -0.2) is 0 Å². The van der Waals surface area contributed by atoms with Gasteiger partial charge in [0.2, 0.25) is 0 Å². The van der Waals surface area contributed by atoms with Crippen molar-refractivity contribution in [1.82, 2.24) is 0 Å². The topological polar surface area (TPSA) is 93.1 Å². The Morgan fingerprint density at radius 3 is 1.63 bits per heavy atom. The number of esters is 2. The fraction of sp³-hybridized carbons (Fsp3) is 0.714. The molecule has 2 N–H and O–H groups in total. The van der Waals surface area contributed by atoms with Crippen LogP contribution in [0.3, 0.4) is 0 Å². The van der Waals surface area contributed by atoms with Crippen molar-refractivity contribution in [3.63, 3.8) is 0 Å². The maximum absolute atomic E-state index is 12.1. The molecule has 0 heterocycles. The second kappa shape index (κ2) is 32.3. The van der Waals surface area contributed by atoms with Crippen molar-refractivity contribution < 1.29 is 29.3 Å². The molecule has 0 bridgehead atoms. The number of hydrogen-bond donors (Lipinski definition) is 2. The summed E-state index contributed by atoms with van der Waals surface area (Å²) in [6.07, 6.45) is 36.1. The summed E-state index contributed by atoms with van der Waals surface area (Å²) in [5, 5.41) is 18.2. The molecule has 0 aromatic rings. The van der Waals surface area contributed by atoms with Gasteiger partial charge in [-0.05, 0) is 57.8 Å². The third-order valence-electron chi connectivity index (χ3n) is 6.68. The predicted octanol–water partition coefficient (Wildman–Crippen LogP) is 8.47. The van der Waals surface area contributed by atoms with E-state index in [9.17, 15) is 14.7 Å². The molecule has 0 saturated heterocycles. The number of aliphatic hydroxyl groups excluding tert-OH is 2. The van der Waals surface area contributed by atoms with E-state index in [4.69, 9.17) is 14.6 Å². The van der Waals surface area contributed by atoms with Crippen LogP contribution < -0.4 is 0 Å². The minimum absolute atomic E-state index is 0.0945. The standard InChI is InChI=1S/C35H60O6/c1-2-3-4-5-6-16-19-22-25-28-34(38)40-32-33(31-37)41-35(39)29-26-23-20-17-14-12-10-8-7-9-11-13-15-18-21-24-27-30-36/h7,9-10,12-13,15,17,20,33,36-37H,2-6,8,11,14,16,18-19,21-32H2,1H3/b9-7-,12-10-,15-13-,20-17-/t33-/m0/s1. The Morgan fingerprint density at radius 2 is 1.07 bits per heavy atom. The highest BCUT2D eigenvalue weighted by molar-refractivity contribution is 5.70. The molecule has 0 saturated carbocycles. The number of rotatable bonds is 29. The highest BCUT2D eigenvalue weighted by atomic mass is 16.6. The van der Waals surface area contributed by atoms with Gasteiger partial charge in [0, 0.05) is 19.4 Å². The van der Waals surface area contributed by atoms with E-state index in [0.717, 1.165) is 70.6 Å². The molecular weight excluding hydrogens is 516 g/mol. The summed E-state index contributed by atoms with van der Waals surface area (Å²) >= 11 is 0. The monoisotopic (exact) mass is 576 g/mol. The molecule has 0 aromatic carbocycles. The van der Waals surface area contributed by atoms with Crippen LogP contribution in [0.15, 0.2) is 48.6 Å². The maximum atomic E-state index is 12.1. The molecule has 0 spiro atoms. The van der Waals surface area contributed by atoms with Gasteiger partial charge in [0.15, 0.2) is 6.10 Å². The normalized spacial score (nSPS) is 12.8. The minimum Gasteiger partial charge on any atom is -0.462 e. The summed E-state index contributed by atoms with van der Waals surface area (Å²) in [5.41, 5.74) is 0. The SMILES string of the molecule is CCCCCCCCCCCC(=O)OC[C@H](CO)OC(=O)CCC/C=C\C/C=C\C/C=C\C/C=C\CCCCCO. The number of carbonyl (C=O) groups excluding carboxylic acids is 2. The average molecular weight is 577 g/mol. The van der Waals surface area contributed by atoms with Gasteiger partial charge in [0.05, 0.1) is 6.61 Å². The lowest BCUT2D eigenvalue weighted by molar-refractivity contribution is -0.161. The van der Waals surface area contributed by atoms with Gasteiger partial charge in [-0.2, -0.15) is 0 Å². The molecule has 1 atom stereocenters. The smallest absolute Gasteiger partial charge is 0.306 e. The number of hydrogen-bond acceptors (Lipinski definition) is 6. The number of allylic oxidation sites excluding steroid dienone is 8. The van der Waals surface area contributed by atoms with Crippen molar-refractivity contribution in [1.29, 1.82) is 0 Å². The third-order valence-corrected chi connectivity index (χ3v) is 6.68. The molecule has 41 heavy (non-hydrogen) atoms. The van der Waals surface area contributed by atoms with E-state index in [1.165, 1.54) is 38.5 Å². The van der Waals surface area contributed by atoms with E-state index in [0.29, 0.717) is 19.4 Å². The molecule has 0 radical (unpaired) electrons. The summed E-state index contributed by atoms with van der Waals surface area (Å²) < 4.78 is 10.5. The van der Waals surface area contributed by atoms with Gasteiger partial charge in [0.25, 0.3) is 0 Å². The fourth-order valence-electron chi connectivity index (χ4n) is 4.17. The van der Waals surface area contributed by atoms with Crippen LogP contribution in [-0.2, 0) is 19.1 Å². The summed E-state index contributed by atoms with van der Waals surface area (Å²) in [6.45, 7) is 2.06. The molecule has 0 aliphatic rings. The zero-order valence-corrected chi connectivity index (χ0v) is 26.0. The van der Waals surface area contributed by atoms with Crippen molar-refractivity contribution in [3.05, 3.63) is 48.6 Å². The van der Waals surface area contributed by atoms with E-state index in [-0.39, 0.29) is 31.6 Å². The van der Waals surface area contributed by atoms with Crippen molar-refractivity contribution in [2.75, 3.05) is 19.8 Å². The molecule has 0 fully saturated rings. The van der Waals surface area contributed by atoms with E-state index in [1.807, 2.05) is 0 Å². The van der Waals surface area contributed by atoms with Crippen LogP contribution in [0.4, 0.5) is 0 Å². The van der Waals surface area contributed by atoms with Gasteiger partial charge in [-0.1, -0.05) is 113 Å². The van der Waals surface area contributed by atoms with E-state index in [1.54, 1.807) is 0 Å². The average Bonchev–Trinajstić information content (AvgIpc) is 2.97. The van der Waals surface area contributed by atoms with Crippen LogP contribution in [0, 0.1) is 0 Å². The first-order valence-electron chi connectivity index (χ1n) is 16.3. The number of aliphatic hydroxyl groups is 2. The number of carbonyl (C=O) groups is 2. The Hall–Kier alpha value is -2.18. The van der Waals surface area contributed by atoms with Gasteiger partial charge in [-0.3, -0.25) is 9.59 Å². The molecule has 6 heteroatoms. The fourth-order valence-corrected chi connectivity index (χ4v) is 4.17. The molecule has 0 aromatic heterocycles. The van der Waals surface area contributed by atoms with Crippen LogP contribution >= 0.6 is 0 Å². The molecule has 6 nitrogen and oxygen atoms in total. The first kappa shape index (κ1) is 38.8. The summed E-state index contributed by atoms with van der Waals surface area (Å²) in [4.78, 5) is 24.0. The highest BCUT2D eigenvalue weighted by Crippen LogP contribution is 2.11. The Bertz CT molecular complexity index is 709. The minimum atomic E-state index is -0.803. The zero-order valence-electron chi connectivity index (χ0n) is 26.0. The van der Waals surface area contributed by atoms with Gasteiger partial charge >= 0.3 is 11.9 Å². The first-order chi connectivity index (χ1) is 20.1. The molecule has 236 valence electrons. The Labute approximate surface area is 251 Å². The zero-order chi connectivity index (χ0) is 30.1. The third kappa shape index (κ3) is 30.6. The van der Waals surface area contributed by atoms with Crippen molar-refractivity contribution in [2.45, 2.75) is 141 Å². The Balaban J connectivity index is 3.72. The molecule has 0 aliphatic heterocycles. The van der Waals surface area contributed by atoms with Crippen LogP contribution in [0.2, 0.25) is 0 Å².